The molecule has 6 saturated carbocycles. The Morgan fingerprint density at radius 2 is 0.533 bits per heavy atom. The number of nitrogens with one attached hydrogen (secondary N) is 4. The van der Waals surface area contributed by atoms with Crippen LogP contribution >= 0.6 is 0 Å². The zero-order chi connectivity index (χ0) is 81.7. The van der Waals surface area contributed by atoms with Crippen molar-refractivity contribution in [2.45, 2.75) is 190 Å². The van der Waals surface area contributed by atoms with E-state index < -0.39 is 0 Å². The number of aromatic nitrogens is 12. The summed E-state index contributed by atoms with van der Waals surface area (Å²) in [6, 6.07) is 48.0. The highest BCUT2D eigenvalue weighted by Gasteiger charge is 2.32. The van der Waals surface area contributed by atoms with Gasteiger partial charge in [0.2, 0.25) is 13.6 Å². The molecule has 8 aromatic carbocycles. The lowest BCUT2D eigenvalue weighted by Gasteiger charge is -2.29. The largest absolute Gasteiger partial charge is 0.490 e. The van der Waals surface area contributed by atoms with Crippen LogP contribution in [0.5, 0.6) is 34.5 Å². The highest BCUT2D eigenvalue weighted by Crippen LogP contribution is 2.46. The minimum atomic E-state index is -0.197. The van der Waals surface area contributed by atoms with Crippen LogP contribution in [-0.4, -0.2) is 85.6 Å². The Kier molecular flexibility index (Phi) is 21.3. The maximum Gasteiger partial charge on any atom is 0.231 e. The Hall–Kier alpha value is -12.2. The second-order valence-corrected chi connectivity index (χ2v) is 35.1. The molecule has 18 nitrogen and oxygen atoms in total. The van der Waals surface area contributed by atoms with Gasteiger partial charge in [0.05, 0.1) is 78.4 Å². The topological polar surface area (TPSA) is 222 Å². The smallest absolute Gasteiger partial charge is 0.231 e. The van der Waals surface area contributed by atoms with Crippen LogP contribution in [0.2, 0.25) is 0 Å². The van der Waals surface area contributed by atoms with E-state index in [0.29, 0.717) is 59.6 Å². The molecule has 6 aliphatic carbocycles. The van der Waals surface area contributed by atoms with Gasteiger partial charge in [0.25, 0.3) is 0 Å². The van der Waals surface area contributed by atoms with E-state index in [1.165, 1.54) is 72.2 Å². The molecule has 4 N–H and O–H groups in total. The SMILES string of the molecule is Fc1ccc2nccc(C3CCC(Cc4nc5cc6c(cc5[nH]4)OCO6)CC3)c2c1.Fc1ccc2nccc(C3CCC(Cc4nc5cc6c(cc5[nH]4)OCO6)CC3)c2c1.Fc1ccc2nccc(C3CCC(Cc4nc5ccc(OC6CC6)cc5[nH]4)CC3)c2c1.Fc1ccc2nccc(C3CCC(Cc4nc5ccc(OC6CC6)cc5[nH]4)CC3)c2c1. The zero-order valence-electron chi connectivity index (χ0n) is 68.0. The van der Waals surface area contributed by atoms with Crippen molar-refractivity contribution < 1.29 is 46.0 Å². The number of halogens is 4. The van der Waals surface area contributed by atoms with Crippen molar-refractivity contribution in [2.75, 3.05) is 13.6 Å². The number of ether oxygens (including phenoxy) is 6. The lowest BCUT2D eigenvalue weighted by Crippen LogP contribution is -2.16. The van der Waals surface area contributed by atoms with Crippen molar-refractivity contribution >= 4 is 87.7 Å². The molecule has 122 heavy (non-hydrogen) atoms. The number of H-pyrrole nitrogens is 4. The minimum absolute atomic E-state index is 0.189. The van der Waals surface area contributed by atoms with E-state index in [-0.39, 0.29) is 36.9 Å². The highest BCUT2D eigenvalue weighted by molar-refractivity contribution is 5.87. The molecular formula is C100H96F4N12O6. The number of hydrogen-bond acceptors (Lipinski definition) is 14. The number of nitrogens with zero attached hydrogens (tertiary/aromatic N) is 8. The first kappa shape index (κ1) is 77.1. The van der Waals surface area contributed by atoms with Gasteiger partial charge in [-0.2, -0.15) is 0 Å². The van der Waals surface area contributed by atoms with Crippen LogP contribution in [0.3, 0.4) is 0 Å². The molecule has 0 atom stereocenters. The van der Waals surface area contributed by atoms with E-state index in [2.05, 4.69) is 88.4 Å². The summed E-state index contributed by atoms with van der Waals surface area (Å²) in [5.74, 6) is 12.7. The van der Waals surface area contributed by atoms with E-state index >= 15 is 0 Å². The van der Waals surface area contributed by atoms with Crippen LogP contribution < -0.4 is 28.4 Å². The van der Waals surface area contributed by atoms with Gasteiger partial charge < -0.3 is 48.4 Å². The number of fused-ring (bicyclic) bond motifs is 10. The molecule has 2 aliphatic heterocycles. The molecule has 0 amide bonds. The highest BCUT2D eigenvalue weighted by atomic mass is 19.1. The number of imidazole rings is 4. The zero-order valence-corrected chi connectivity index (χ0v) is 68.0. The molecule has 6 fully saturated rings. The summed E-state index contributed by atoms with van der Waals surface area (Å²) < 4.78 is 88.9. The first-order valence-electron chi connectivity index (χ1n) is 43.9. The van der Waals surface area contributed by atoms with Gasteiger partial charge in [-0.1, -0.05) is 0 Å². The quantitative estimate of drug-likeness (QED) is 0.0661. The molecule has 0 saturated heterocycles. The fourth-order valence-electron chi connectivity index (χ4n) is 20.1. The van der Waals surface area contributed by atoms with Crippen LogP contribution in [0, 0.1) is 46.9 Å². The molecule has 0 radical (unpaired) electrons. The Morgan fingerprint density at radius 1 is 0.270 bits per heavy atom. The lowest BCUT2D eigenvalue weighted by atomic mass is 9.77. The van der Waals surface area contributed by atoms with Crippen molar-refractivity contribution in [1.29, 1.82) is 0 Å². The third-order valence-corrected chi connectivity index (χ3v) is 26.7. The number of aromatic amines is 4. The molecular weight excluding hydrogens is 1540 g/mol. The maximum atomic E-state index is 13.8. The number of rotatable bonds is 16. The summed E-state index contributed by atoms with van der Waals surface area (Å²) in [6.45, 7) is 0.550. The predicted octanol–water partition coefficient (Wildman–Crippen LogP) is 23.6. The summed E-state index contributed by atoms with van der Waals surface area (Å²) in [4.78, 5) is 50.7. The number of hydrogen-bond donors (Lipinski definition) is 4. The predicted molar refractivity (Wildman–Crippen MR) is 464 cm³/mol. The van der Waals surface area contributed by atoms with Gasteiger partial charge in [-0.25, -0.2) is 37.5 Å². The van der Waals surface area contributed by atoms with Crippen LogP contribution in [-0.2, 0) is 25.7 Å². The first-order chi connectivity index (χ1) is 59.9. The summed E-state index contributed by atoms with van der Waals surface area (Å²) in [6.07, 6.45) is 34.9. The van der Waals surface area contributed by atoms with E-state index in [1.54, 1.807) is 48.5 Å². The third kappa shape index (κ3) is 17.1. The van der Waals surface area contributed by atoms with E-state index in [9.17, 15) is 17.6 Å². The second kappa shape index (κ2) is 33.7. The molecule has 0 unspecified atom stereocenters. The average Bonchev–Trinajstić information content (AvgIpc) is 1.38. The molecule has 8 aromatic heterocycles. The summed E-state index contributed by atoms with van der Waals surface area (Å²) in [5.41, 5.74) is 16.5. The van der Waals surface area contributed by atoms with Crippen molar-refractivity contribution in [3.8, 4) is 34.5 Å². The van der Waals surface area contributed by atoms with Gasteiger partial charge in [0, 0.05) is 108 Å². The normalized spacial score (nSPS) is 21.2. The maximum absolute atomic E-state index is 13.8. The second-order valence-electron chi connectivity index (χ2n) is 35.1. The average molecular weight is 1640 g/mol. The van der Waals surface area contributed by atoms with Crippen LogP contribution in [0.4, 0.5) is 17.6 Å². The van der Waals surface area contributed by atoms with Gasteiger partial charge in [-0.3, -0.25) is 19.9 Å². The van der Waals surface area contributed by atoms with E-state index in [1.807, 2.05) is 61.2 Å². The summed E-state index contributed by atoms with van der Waals surface area (Å²) >= 11 is 0. The molecule has 8 aliphatic rings. The Balaban J connectivity index is 0.000000100. The van der Waals surface area contributed by atoms with E-state index in [0.717, 1.165) is 274 Å². The van der Waals surface area contributed by atoms with Crippen molar-refractivity contribution in [3.05, 3.63) is 251 Å². The van der Waals surface area contributed by atoms with Gasteiger partial charge >= 0.3 is 0 Å². The molecule has 0 spiro atoms. The number of pyridine rings is 4. The summed E-state index contributed by atoms with van der Waals surface area (Å²) in [5, 5.41) is 3.84. The molecule has 0 bridgehead atoms. The lowest BCUT2D eigenvalue weighted by molar-refractivity contribution is 0.173. The van der Waals surface area contributed by atoms with Crippen LogP contribution in [0.25, 0.3) is 87.7 Å². The van der Waals surface area contributed by atoms with Gasteiger partial charge in [-0.15, -0.1) is 0 Å². The molecule has 10 heterocycles. The van der Waals surface area contributed by atoms with Crippen LogP contribution in [0.1, 0.15) is 198 Å². The van der Waals surface area contributed by atoms with Gasteiger partial charge in [0.15, 0.2) is 23.0 Å². The van der Waals surface area contributed by atoms with Gasteiger partial charge in [-0.05, 0) is 319 Å². The molecule has 24 rings (SSSR count). The van der Waals surface area contributed by atoms with E-state index in [4.69, 9.17) is 48.4 Å². The monoisotopic (exact) mass is 1640 g/mol. The molecule has 22 heteroatoms. The van der Waals surface area contributed by atoms with Crippen molar-refractivity contribution in [1.82, 2.24) is 59.8 Å². The number of benzene rings is 8. The summed E-state index contributed by atoms with van der Waals surface area (Å²) in [7, 11) is 0. The molecule has 620 valence electrons. The first-order valence-corrected chi connectivity index (χ1v) is 43.9. The van der Waals surface area contributed by atoms with Crippen molar-refractivity contribution in [2.24, 2.45) is 23.7 Å². The van der Waals surface area contributed by atoms with Crippen molar-refractivity contribution in [3.63, 3.8) is 0 Å². The fourth-order valence-corrected chi connectivity index (χ4v) is 20.1. The Bertz CT molecular complexity index is 6050. The fraction of sp³-hybridized carbons (Fsp3) is 0.360. The Morgan fingerprint density at radius 3 is 0.820 bits per heavy atom. The minimum Gasteiger partial charge on any atom is -0.490 e. The third-order valence-electron chi connectivity index (χ3n) is 26.7. The molecule has 16 aromatic rings. The van der Waals surface area contributed by atoms with Gasteiger partial charge in [0.1, 0.15) is 58.1 Å². The standard InChI is InChI=1S/2C26H26FN3O.2C24H22FN3O2/c2*27-18-5-9-23-22(14-18)21(11-12-28-23)17-3-1-16(2-4-17)13-26-29-24-10-8-20(15-25(24)30-26)31-19-6-7-19;2*25-16-5-6-19-18(10-16)17(7-8-26-19)15-3-1-14(2-4-15)9-24-27-20-11-22-23(30-13-29-22)12-21(20)28-24/h2*5,8-12,14-17,19H,1-4,6-7,13H2,(H,29,30);2*5-8,10-12,14-15H,1-4,9,13H2,(H,27,28). The Labute approximate surface area is 702 Å². The van der Waals surface area contributed by atoms with Crippen LogP contribution in [0.15, 0.2) is 183 Å².